The van der Waals surface area contributed by atoms with Crippen LogP contribution in [-0.2, 0) is 0 Å². The Morgan fingerprint density at radius 3 is 2.83 bits per heavy atom. The van der Waals surface area contributed by atoms with Crippen LogP contribution < -0.4 is 11.1 Å². The number of carbonyl (C=O) groups is 1. The molecule has 0 heterocycles. The van der Waals surface area contributed by atoms with Crippen LogP contribution in [0, 0.1) is 12.7 Å². The third kappa shape index (κ3) is 3.91. The molecule has 0 saturated heterocycles. The lowest BCUT2D eigenvalue weighted by molar-refractivity contribution is 0.0949. The van der Waals surface area contributed by atoms with Gasteiger partial charge in [-0.05, 0) is 37.3 Å². The molecule has 0 aliphatic heterocycles. The average Bonchev–Trinajstić information content (AvgIpc) is 2.33. The van der Waals surface area contributed by atoms with Crippen LogP contribution in [0.4, 0.5) is 10.1 Å². The maximum absolute atomic E-state index is 13.8. The molecule has 0 aromatic heterocycles. The highest BCUT2D eigenvalue weighted by atomic mass is 32.2. The Labute approximate surface area is 111 Å². The number of hydrogen-bond donors (Lipinski definition) is 2. The van der Waals surface area contributed by atoms with Gasteiger partial charge in [0.2, 0.25) is 0 Å². The molecule has 5 heteroatoms. The molecular formula is C13H19FN2OS. The molecule has 0 radical (unpaired) electrons. The lowest BCUT2D eigenvalue weighted by Gasteiger charge is -2.11. The molecule has 100 valence electrons. The van der Waals surface area contributed by atoms with Crippen LogP contribution in [-0.4, -0.2) is 24.0 Å². The van der Waals surface area contributed by atoms with E-state index in [-0.39, 0.29) is 5.56 Å². The Morgan fingerprint density at radius 2 is 2.22 bits per heavy atom. The summed E-state index contributed by atoms with van der Waals surface area (Å²) in [6.45, 7) is 4.22. The van der Waals surface area contributed by atoms with Gasteiger partial charge in [0.1, 0.15) is 5.82 Å². The molecule has 1 atom stereocenters. The SMILES string of the molecule is CSC(C)CCNC(=O)c1cc(N)cc(C)c1F. The Kier molecular flexibility index (Phi) is 5.47. The predicted octanol–water partition coefficient (Wildman–Crippen LogP) is 2.59. The van der Waals surface area contributed by atoms with E-state index in [9.17, 15) is 9.18 Å². The van der Waals surface area contributed by atoms with Crippen molar-refractivity contribution in [1.82, 2.24) is 5.32 Å². The molecule has 0 fully saturated rings. The van der Waals surface area contributed by atoms with Crippen molar-refractivity contribution in [3.05, 3.63) is 29.1 Å². The molecule has 0 aliphatic rings. The number of nitrogens with one attached hydrogen (secondary N) is 1. The van der Waals surface area contributed by atoms with Gasteiger partial charge in [0.15, 0.2) is 0 Å². The zero-order valence-corrected chi connectivity index (χ0v) is 11.7. The second-order valence-electron chi connectivity index (χ2n) is 4.29. The largest absolute Gasteiger partial charge is 0.399 e. The Hall–Kier alpha value is -1.23. The first-order valence-electron chi connectivity index (χ1n) is 5.82. The molecule has 1 rings (SSSR count). The molecular weight excluding hydrogens is 251 g/mol. The van der Waals surface area contributed by atoms with Crippen LogP contribution in [0.15, 0.2) is 12.1 Å². The van der Waals surface area contributed by atoms with Gasteiger partial charge in [-0.2, -0.15) is 11.8 Å². The van der Waals surface area contributed by atoms with Gasteiger partial charge in [0, 0.05) is 17.5 Å². The van der Waals surface area contributed by atoms with Gasteiger partial charge in [-0.15, -0.1) is 0 Å². The molecule has 1 amide bonds. The van der Waals surface area contributed by atoms with Crippen LogP contribution in [0.2, 0.25) is 0 Å². The maximum Gasteiger partial charge on any atom is 0.254 e. The van der Waals surface area contributed by atoms with Crippen LogP contribution in [0.5, 0.6) is 0 Å². The molecule has 0 bridgehead atoms. The van der Waals surface area contributed by atoms with Gasteiger partial charge in [-0.1, -0.05) is 6.92 Å². The topological polar surface area (TPSA) is 55.1 Å². The van der Waals surface area contributed by atoms with Crippen molar-refractivity contribution in [2.45, 2.75) is 25.5 Å². The summed E-state index contributed by atoms with van der Waals surface area (Å²) in [5, 5.41) is 3.18. The van der Waals surface area contributed by atoms with Crippen molar-refractivity contribution in [3.63, 3.8) is 0 Å². The summed E-state index contributed by atoms with van der Waals surface area (Å²) in [6.07, 6.45) is 2.88. The molecule has 3 N–H and O–H groups in total. The minimum atomic E-state index is -0.500. The van der Waals surface area contributed by atoms with Crippen molar-refractivity contribution in [2.24, 2.45) is 0 Å². The Morgan fingerprint density at radius 1 is 1.56 bits per heavy atom. The zero-order valence-electron chi connectivity index (χ0n) is 10.9. The number of benzene rings is 1. The Balaban J connectivity index is 2.67. The number of aryl methyl sites for hydroxylation is 1. The highest BCUT2D eigenvalue weighted by Gasteiger charge is 2.14. The third-order valence-electron chi connectivity index (χ3n) is 2.76. The van der Waals surface area contributed by atoms with Crippen LogP contribution in [0.25, 0.3) is 0 Å². The molecule has 1 aromatic rings. The highest BCUT2D eigenvalue weighted by molar-refractivity contribution is 7.99. The summed E-state index contributed by atoms with van der Waals surface area (Å²) >= 11 is 1.73. The number of rotatable bonds is 5. The lowest BCUT2D eigenvalue weighted by atomic mass is 10.1. The first-order valence-corrected chi connectivity index (χ1v) is 7.11. The van der Waals surface area contributed by atoms with E-state index >= 15 is 0 Å². The summed E-state index contributed by atoms with van der Waals surface area (Å²) in [5.41, 5.74) is 6.42. The van der Waals surface area contributed by atoms with Crippen molar-refractivity contribution in [1.29, 1.82) is 0 Å². The number of hydrogen-bond acceptors (Lipinski definition) is 3. The number of amides is 1. The number of thioether (sulfide) groups is 1. The van der Waals surface area contributed by atoms with Gasteiger partial charge < -0.3 is 11.1 Å². The van der Waals surface area contributed by atoms with Gasteiger partial charge >= 0.3 is 0 Å². The van der Waals surface area contributed by atoms with Crippen molar-refractivity contribution in [3.8, 4) is 0 Å². The minimum absolute atomic E-state index is 0.0179. The predicted molar refractivity (Wildman–Crippen MR) is 75.5 cm³/mol. The molecule has 0 spiro atoms. The normalized spacial score (nSPS) is 12.2. The zero-order chi connectivity index (χ0) is 13.7. The van der Waals surface area contributed by atoms with Gasteiger partial charge in [0.05, 0.1) is 5.56 Å². The van der Waals surface area contributed by atoms with Crippen molar-refractivity contribution in [2.75, 3.05) is 18.5 Å². The summed E-state index contributed by atoms with van der Waals surface area (Å²) in [7, 11) is 0. The third-order valence-corrected chi connectivity index (χ3v) is 3.80. The van der Waals surface area contributed by atoms with Crippen molar-refractivity contribution >= 4 is 23.4 Å². The standard InChI is InChI=1S/C13H19FN2OS/c1-8-6-10(15)7-11(12(8)14)13(17)16-5-4-9(2)18-3/h6-7,9H,4-5,15H2,1-3H3,(H,16,17). The number of carbonyl (C=O) groups excluding carboxylic acids is 1. The second-order valence-corrected chi connectivity index (χ2v) is 5.57. The fourth-order valence-corrected chi connectivity index (χ4v) is 1.92. The molecule has 1 aromatic carbocycles. The molecule has 18 heavy (non-hydrogen) atoms. The second kappa shape index (κ2) is 6.64. The van der Waals surface area contributed by atoms with Crippen LogP contribution >= 0.6 is 11.8 Å². The van der Waals surface area contributed by atoms with Gasteiger partial charge in [-0.3, -0.25) is 4.79 Å². The fourth-order valence-electron chi connectivity index (χ4n) is 1.56. The Bertz CT molecular complexity index is 437. The summed E-state index contributed by atoms with van der Waals surface area (Å²) in [6, 6.07) is 2.89. The lowest BCUT2D eigenvalue weighted by Crippen LogP contribution is -2.27. The first kappa shape index (κ1) is 14.8. The van der Waals surface area contributed by atoms with E-state index in [1.54, 1.807) is 18.7 Å². The quantitative estimate of drug-likeness (QED) is 0.809. The summed E-state index contributed by atoms with van der Waals surface area (Å²) < 4.78 is 13.8. The van der Waals surface area contributed by atoms with E-state index in [4.69, 9.17) is 5.73 Å². The minimum Gasteiger partial charge on any atom is -0.399 e. The molecule has 0 saturated carbocycles. The highest BCUT2D eigenvalue weighted by Crippen LogP contribution is 2.17. The van der Waals surface area contributed by atoms with Crippen LogP contribution in [0.1, 0.15) is 29.3 Å². The van der Waals surface area contributed by atoms with E-state index < -0.39 is 11.7 Å². The fraction of sp³-hybridized carbons (Fsp3) is 0.462. The number of anilines is 1. The summed E-state index contributed by atoms with van der Waals surface area (Å²) in [5.74, 6) is -0.907. The smallest absolute Gasteiger partial charge is 0.254 e. The van der Waals surface area contributed by atoms with E-state index in [1.807, 2.05) is 6.26 Å². The monoisotopic (exact) mass is 270 g/mol. The van der Waals surface area contributed by atoms with E-state index in [1.165, 1.54) is 12.1 Å². The average molecular weight is 270 g/mol. The number of nitrogen functional groups attached to an aromatic ring is 1. The number of halogens is 1. The van der Waals surface area contributed by atoms with E-state index in [0.29, 0.717) is 23.0 Å². The number of nitrogens with two attached hydrogens (primary N) is 1. The first-order chi connectivity index (χ1) is 8.45. The molecule has 1 unspecified atom stereocenters. The van der Waals surface area contributed by atoms with Crippen molar-refractivity contribution < 1.29 is 9.18 Å². The maximum atomic E-state index is 13.8. The van der Waals surface area contributed by atoms with E-state index in [0.717, 1.165) is 6.42 Å². The van der Waals surface area contributed by atoms with E-state index in [2.05, 4.69) is 12.2 Å². The van der Waals surface area contributed by atoms with Gasteiger partial charge in [-0.25, -0.2) is 4.39 Å². The van der Waals surface area contributed by atoms with Gasteiger partial charge in [0.25, 0.3) is 5.91 Å². The molecule has 3 nitrogen and oxygen atoms in total. The summed E-state index contributed by atoms with van der Waals surface area (Å²) in [4.78, 5) is 11.8. The molecule has 0 aliphatic carbocycles. The van der Waals surface area contributed by atoms with Crippen LogP contribution in [0.3, 0.4) is 0 Å².